The predicted molar refractivity (Wildman–Crippen MR) is 129 cm³/mol. The Morgan fingerprint density at radius 3 is 1.94 bits per heavy atom. The van der Waals surface area contributed by atoms with Crippen molar-refractivity contribution in [3.05, 3.63) is 35.9 Å². The third-order valence-corrected chi connectivity index (χ3v) is 8.30. The van der Waals surface area contributed by atoms with Gasteiger partial charge in [0.05, 0.1) is 4.90 Å². The molecular weight excluding hydrogens is 440 g/mol. The third kappa shape index (κ3) is 5.44. The van der Waals surface area contributed by atoms with Gasteiger partial charge in [-0.3, -0.25) is 4.79 Å². The van der Waals surface area contributed by atoms with E-state index >= 15 is 0 Å². The number of amides is 1. The fourth-order valence-electron chi connectivity index (χ4n) is 4.47. The molecule has 1 aromatic heterocycles. The molecule has 0 saturated carbocycles. The van der Waals surface area contributed by atoms with Crippen molar-refractivity contribution < 1.29 is 13.2 Å². The number of rotatable bonds is 5. The van der Waals surface area contributed by atoms with E-state index in [-0.39, 0.29) is 10.8 Å². The molecule has 178 valence electrons. The number of carbonyl (C=O) groups excluding carboxylic acids is 1. The fourth-order valence-corrected chi connectivity index (χ4v) is 6.10. The number of sulfonamides is 1. The van der Waals surface area contributed by atoms with Crippen LogP contribution in [0, 0.1) is 6.92 Å². The van der Waals surface area contributed by atoms with Gasteiger partial charge in [0.15, 0.2) is 11.6 Å². The van der Waals surface area contributed by atoms with Gasteiger partial charge in [-0.15, -0.1) is 10.2 Å². The predicted octanol–water partition coefficient (Wildman–Crippen LogP) is 2.63. The Labute approximate surface area is 195 Å². The van der Waals surface area contributed by atoms with Gasteiger partial charge in [0, 0.05) is 51.9 Å². The summed E-state index contributed by atoms with van der Waals surface area (Å²) in [6.07, 6.45) is 4.92. The van der Waals surface area contributed by atoms with Gasteiger partial charge in [0.2, 0.25) is 15.9 Å². The average Bonchev–Trinajstić information content (AvgIpc) is 3.08. The number of hydrogen-bond donors (Lipinski definition) is 1. The Hall–Kier alpha value is -2.72. The van der Waals surface area contributed by atoms with Crippen LogP contribution in [0.3, 0.4) is 0 Å². The summed E-state index contributed by atoms with van der Waals surface area (Å²) in [4.78, 5) is 15.9. The monoisotopic (exact) mass is 472 g/mol. The van der Waals surface area contributed by atoms with Gasteiger partial charge in [-0.25, -0.2) is 8.42 Å². The minimum atomic E-state index is -3.62. The molecule has 2 aliphatic rings. The minimum Gasteiger partial charge on any atom is -0.355 e. The molecule has 1 N–H and O–H groups in total. The molecular formula is C23H32N6O3S. The maximum absolute atomic E-state index is 13.2. The van der Waals surface area contributed by atoms with Crippen LogP contribution in [0.4, 0.5) is 17.3 Å². The van der Waals surface area contributed by atoms with E-state index in [0.29, 0.717) is 37.4 Å². The van der Waals surface area contributed by atoms with Crippen LogP contribution in [0.15, 0.2) is 35.2 Å². The minimum absolute atomic E-state index is 0.191. The molecule has 0 atom stereocenters. The Kier molecular flexibility index (Phi) is 7.14. The number of nitrogens with zero attached hydrogens (tertiary/aromatic N) is 5. The average molecular weight is 473 g/mol. The number of aromatic nitrogens is 2. The van der Waals surface area contributed by atoms with Crippen LogP contribution < -0.4 is 15.1 Å². The first kappa shape index (κ1) is 23.4. The fraction of sp³-hybridized carbons (Fsp3) is 0.522. The van der Waals surface area contributed by atoms with Crippen LogP contribution in [0.2, 0.25) is 0 Å². The third-order valence-electron chi connectivity index (χ3n) is 6.24. The Morgan fingerprint density at radius 2 is 1.42 bits per heavy atom. The molecule has 2 aromatic rings. The zero-order chi connectivity index (χ0) is 23.4. The summed E-state index contributed by atoms with van der Waals surface area (Å²) >= 11 is 0. The van der Waals surface area contributed by atoms with Crippen molar-refractivity contribution >= 4 is 33.3 Å². The highest BCUT2D eigenvalue weighted by Gasteiger charge is 2.30. The standard InChI is InChI=1S/C23H32N6O3S/c1-18-17-20(24-19(2)30)7-8-21(18)33(31,32)29-15-13-28(14-16-29)23-10-9-22(25-26-23)27-11-5-3-4-6-12-27/h7-10,17H,3-6,11-16H2,1-2H3,(H,24,30). The zero-order valence-electron chi connectivity index (χ0n) is 19.3. The van der Waals surface area contributed by atoms with Crippen molar-refractivity contribution in [2.75, 3.05) is 54.4 Å². The maximum Gasteiger partial charge on any atom is 0.243 e. The van der Waals surface area contributed by atoms with E-state index < -0.39 is 10.0 Å². The number of aryl methyl sites for hydroxylation is 1. The Morgan fingerprint density at radius 1 is 0.848 bits per heavy atom. The molecule has 1 amide bonds. The SMILES string of the molecule is CC(=O)Nc1ccc(S(=O)(=O)N2CCN(c3ccc(N4CCCCCC4)nn3)CC2)c(C)c1. The second kappa shape index (κ2) is 10.0. The van der Waals surface area contributed by atoms with Crippen molar-refractivity contribution in [2.24, 2.45) is 0 Å². The molecule has 2 saturated heterocycles. The molecule has 2 aliphatic heterocycles. The molecule has 0 radical (unpaired) electrons. The second-order valence-electron chi connectivity index (χ2n) is 8.70. The second-order valence-corrected chi connectivity index (χ2v) is 10.6. The van der Waals surface area contributed by atoms with Crippen molar-refractivity contribution in [3.63, 3.8) is 0 Å². The highest BCUT2D eigenvalue weighted by atomic mass is 32.2. The van der Waals surface area contributed by atoms with Gasteiger partial charge in [0.1, 0.15) is 0 Å². The molecule has 2 fully saturated rings. The van der Waals surface area contributed by atoms with Crippen LogP contribution in [0.1, 0.15) is 38.2 Å². The van der Waals surface area contributed by atoms with Crippen LogP contribution in [0.25, 0.3) is 0 Å². The first-order valence-electron chi connectivity index (χ1n) is 11.6. The van der Waals surface area contributed by atoms with Crippen molar-refractivity contribution in [1.29, 1.82) is 0 Å². The zero-order valence-corrected chi connectivity index (χ0v) is 20.1. The number of nitrogens with one attached hydrogen (secondary N) is 1. The highest BCUT2D eigenvalue weighted by molar-refractivity contribution is 7.89. The summed E-state index contributed by atoms with van der Waals surface area (Å²) in [7, 11) is -3.62. The maximum atomic E-state index is 13.2. The van der Waals surface area contributed by atoms with E-state index in [1.165, 1.54) is 36.9 Å². The number of piperazine rings is 1. The van der Waals surface area contributed by atoms with E-state index in [1.54, 1.807) is 25.1 Å². The number of hydrogen-bond acceptors (Lipinski definition) is 7. The van der Waals surface area contributed by atoms with Crippen LogP contribution in [-0.4, -0.2) is 68.1 Å². The summed E-state index contributed by atoms with van der Waals surface area (Å²) in [5, 5.41) is 11.6. The topological polar surface area (TPSA) is 98.7 Å². The summed E-state index contributed by atoms with van der Waals surface area (Å²) < 4.78 is 28.0. The number of carbonyl (C=O) groups is 1. The van der Waals surface area contributed by atoms with Crippen LogP contribution in [0.5, 0.6) is 0 Å². The molecule has 0 bridgehead atoms. The molecule has 9 nitrogen and oxygen atoms in total. The van der Waals surface area contributed by atoms with E-state index in [4.69, 9.17) is 0 Å². The van der Waals surface area contributed by atoms with E-state index in [2.05, 4.69) is 25.3 Å². The van der Waals surface area contributed by atoms with Gasteiger partial charge in [-0.05, 0) is 55.7 Å². The van der Waals surface area contributed by atoms with Gasteiger partial charge < -0.3 is 15.1 Å². The summed E-state index contributed by atoms with van der Waals surface area (Å²) in [5.74, 6) is 1.50. The molecule has 0 aliphatic carbocycles. The molecule has 4 rings (SSSR count). The highest BCUT2D eigenvalue weighted by Crippen LogP contribution is 2.25. The lowest BCUT2D eigenvalue weighted by Gasteiger charge is -2.34. The lowest BCUT2D eigenvalue weighted by molar-refractivity contribution is -0.114. The van der Waals surface area contributed by atoms with Crippen molar-refractivity contribution in [2.45, 2.75) is 44.4 Å². The molecule has 3 heterocycles. The smallest absolute Gasteiger partial charge is 0.243 e. The first-order valence-corrected chi connectivity index (χ1v) is 13.0. The van der Waals surface area contributed by atoms with E-state index in [0.717, 1.165) is 24.7 Å². The van der Waals surface area contributed by atoms with Crippen molar-refractivity contribution in [3.8, 4) is 0 Å². The van der Waals surface area contributed by atoms with Gasteiger partial charge >= 0.3 is 0 Å². The van der Waals surface area contributed by atoms with Crippen molar-refractivity contribution in [1.82, 2.24) is 14.5 Å². The van der Waals surface area contributed by atoms with Gasteiger partial charge in [0.25, 0.3) is 0 Å². The molecule has 0 spiro atoms. The summed E-state index contributed by atoms with van der Waals surface area (Å²) in [5.41, 5.74) is 1.20. The summed E-state index contributed by atoms with van der Waals surface area (Å²) in [6, 6.07) is 8.89. The molecule has 1 aromatic carbocycles. The Bertz CT molecular complexity index is 1070. The molecule has 10 heteroatoms. The lowest BCUT2D eigenvalue weighted by Crippen LogP contribution is -2.49. The molecule has 0 unspecified atom stereocenters. The number of benzene rings is 1. The number of anilines is 3. The van der Waals surface area contributed by atoms with Crippen LogP contribution in [-0.2, 0) is 14.8 Å². The Balaban J connectivity index is 1.39. The van der Waals surface area contributed by atoms with Crippen LogP contribution >= 0.6 is 0 Å². The quantitative estimate of drug-likeness (QED) is 0.714. The van der Waals surface area contributed by atoms with Gasteiger partial charge in [-0.1, -0.05) is 12.8 Å². The lowest BCUT2D eigenvalue weighted by atomic mass is 10.2. The van der Waals surface area contributed by atoms with E-state index in [9.17, 15) is 13.2 Å². The normalized spacial score (nSPS) is 18.1. The largest absolute Gasteiger partial charge is 0.355 e. The van der Waals surface area contributed by atoms with Gasteiger partial charge in [-0.2, -0.15) is 4.31 Å². The first-order chi connectivity index (χ1) is 15.8. The summed E-state index contributed by atoms with van der Waals surface area (Å²) in [6.45, 7) is 7.09. The van der Waals surface area contributed by atoms with E-state index in [1.807, 2.05) is 12.1 Å². The molecule has 33 heavy (non-hydrogen) atoms.